The number of carbonyl (C=O) groups is 2. The van der Waals surface area contributed by atoms with Gasteiger partial charge in [-0.1, -0.05) is 27.7 Å². The number of anilines is 1. The number of nitrogens with one attached hydrogen (secondary N) is 1. The average Bonchev–Trinajstić information content (AvgIpc) is 3.27. The highest BCUT2D eigenvalue weighted by atomic mass is 32.1. The molecule has 2 N–H and O–H groups in total. The molecule has 2 fully saturated rings. The summed E-state index contributed by atoms with van der Waals surface area (Å²) in [6.45, 7) is 8.42. The number of hydrogen-bond donors (Lipinski definition) is 2. The highest BCUT2D eigenvalue weighted by Crippen LogP contribution is 2.42. The van der Waals surface area contributed by atoms with E-state index in [1.165, 1.54) is 23.6 Å². The van der Waals surface area contributed by atoms with Gasteiger partial charge in [-0.05, 0) is 68.8 Å². The first-order valence-electron chi connectivity index (χ1n) is 13.0. The standard InChI is InChI=1S/C27H37N3O5S/c1-16-5-7-17(8-6-16)24(32)30(20-15-21(27(2,3)4)36-23(20)25(33)34)18-9-11-19(12-10-18)35-26-28-14-13-22(31)29-26/h13-19H,5-12H2,1-4H3,(H,33,34)(H,28,29,31). The van der Waals surface area contributed by atoms with Gasteiger partial charge in [0.2, 0.25) is 5.91 Å². The third kappa shape index (κ3) is 5.99. The lowest BCUT2D eigenvalue weighted by atomic mass is 9.81. The van der Waals surface area contributed by atoms with Crippen molar-refractivity contribution >= 4 is 28.9 Å². The molecule has 0 saturated heterocycles. The first-order chi connectivity index (χ1) is 17.0. The number of carbonyl (C=O) groups excluding carboxylic acids is 1. The lowest BCUT2D eigenvalue weighted by Gasteiger charge is -2.39. The Bertz CT molecular complexity index is 1130. The molecule has 0 atom stereocenters. The Hall–Kier alpha value is -2.68. The summed E-state index contributed by atoms with van der Waals surface area (Å²) in [5.41, 5.74) is 0.0627. The van der Waals surface area contributed by atoms with E-state index in [0.717, 1.165) is 30.6 Å². The average molecular weight is 516 g/mol. The summed E-state index contributed by atoms with van der Waals surface area (Å²) in [6.07, 6.45) is 7.80. The van der Waals surface area contributed by atoms with E-state index in [-0.39, 0.29) is 45.8 Å². The lowest BCUT2D eigenvalue weighted by molar-refractivity contribution is -0.124. The van der Waals surface area contributed by atoms with Gasteiger partial charge in [-0.25, -0.2) is 9.78 Å². The Labute approximate surface area is 216 Å². The van der Waals surface area contributed by atoms with Crippen LogP contribution in [0.5, 0.6) is 6.01 Å². The van der Waals surface area contributed by atoms with Crippen LogP contribution in [0.1, 0.15) is 93.6 Å². The van der Waals surface area contributed by atoms with Crippen molar-refractivity contribution in [1.82, 2.24) is 9.97 Å². The summed E-state index contributed by atoms with van der Waals surface area (Å²) < 4.78 is 5.91. The van der Waals surface area contributed by atoms with Crippen molar-refractivity contribution in [3.8, 4) is 6.01 Å². The van der Waals surface area contributed by atoms with Crippen LogP contribution < -0.4 is 15.2 Å². The normalized spacial score (nSPS) is 24.8. The fraction of sp³-hybridized carbons (Fsp3) is 0.630. The molecule has 0 bridgehead atoms. The van der Waals surface area contributed by atoms with Crippen LogP contribution in [-0.4, -0.2) is 39.1 Å². The Kier molecular flexibility index (Phi) is 7.87. The lowest BCUT2D eigenvalue weighted by Crippen LogP contribution is -2.47. The van der Waals surface area contributed by atoms with Crippen molar-refractivity contribution in [3.05, 3.63) is 38.4 Å². The first kappa shape index (κ1) is 26.4. The molecule has 2 aliphatic carbocycles. The van der Waals surface area contributed by atoms with Crippen LogP contribution in [0, 0.1) is 11.8 Å². The maximum absolute atomic E-state index is 14.0. The SMILES string of the molecule is CC1CCC(C(=O)N(c2cc(C(C)(C)C)sc2C(=O)O)C2CCC(Oc3nccc(=O)[nH]3)CC2)CC1. The number of H-pyrrole nitrogens is 1. The van der Waals surface area contributed by atoms with Crippen molar-refractivity contribution in [2.75, 3.05) is 4.90 Å². The zero-order chi connectivity index (χ0) is 26.0. The molecule has 0 unspecified atom stereocenters. The molecule has 36 heavy (non-hydrogen) atoms. The van der Waals surface area contributed by atoms with E-state index in [4.69, 9.17) is 4.74 Å². The van der Waals surface area contributed by atoms with E-state index >= 15 is 0 Å². The zero-order valence-electron chi connectivity index (χ0n) is 21.6. The van der Waals surface area contributed by atoms with Gasteiger partial charge in [0.15, 0.2) is 0 Å². The Morgan fingerprint density at radius 1 is 1.11 bits per heavy atom. The fourth-order valence-corrected chi connectivity index (χ4v) is 6.32. The number of ether oxygens (including phenoxy) is 1. The minimum Gasteiger partial charge on any atom is -0.477 e. The summed E-state index contributed by atoms with van der Waals surface area (Å²) in [6, 6.07) is 3.38. The molecule has 2 saturated carbocycles. The highest BCUT2D eigenvalue weighted by Gasteiger charge is 2.38. The summed E-state index contributed by atoms with van der Waals surface area (Å²) in [4.78, 5) is 47.6. The van der Waals surface area contributed by atoms with Gasteiger partial charge in [0, 0.05) is 29.1 Å². The minimum atomic E-state index is -0.989. The van der Waals surface area contributed by atoms with Gasteiger partial charge in [0.1, 0.15) is 11.0 Å². The molecule has 2 heterocycles. The highest BCUT2D eigenvalue weighted by molar-refractivity contribution is 7.14. The topological polar surface area (TPSA) is 113 Å². The number of aromatic nitrogens is 2. The zero-order valence-corrected chi connectivity index (χ0v) is 22.4. The quantitative estimate of drug-likeness (QED) is 0.534. The second-order valence-corrected chi connectivity index (χ2v) is 12.4. The monoisotopic (exact) mass is 515 g/mol. The first-order valence-corrected chi connectivity index (χ1v) is 13.8. The number of aromatic amines is 1. The molecule has 8 nitrogen and oxygen atoms in total. The molecule has 2 aromatic heterocycles. The molecule has 1 amide bonds. The number of nitrogens with zero attached hydrogens (tertiary/aromatic N) is 2. The van der Waals surface area contributed by atoms with Crippen molar-refractivity contribution in [2.24, 2.45) is 11.8 Å². The molecular weight excluding hydrogens is 478 g/mol. The minimum absolute atomic E-state index is 0.0566. The van der Waals surface area contributed by atoms with E-state index in [0.29, 0.717) is 37.3 Å². The van der Waals surface area contributed by atoms with Crippen LogP contribution in [0.25, 0.3) is 0 Å². The number of carboxylic acid groups (broad SMARTS) is 1. The summed E-state index contributed by atoms with van der Waals surface area (Å²) in [5.74, 6) is -0.387. The maximum Gasteiger partial charge on any atom is 0.348 e. The van der Waals surface area contributed by atoms with Gasteiger partial charge in [0.25, 0.3) is 11.6 Å². The number of carboxylic acids is 1. The molecule has 0 aliphatic heterocycles. The second kappa shape index (κ2) is 10.7. The number of hydrogen-bond acceptors (Lipinski definition) is 6. The van der Waals surface area contributed by atoms with E-state index in [2.05, 4.69) is 37.7 Å². The summed E-state index contributed by atoms with van der Waals surface area (Å²) in [7, 11) is 0. The molecule has 2 aliphatic rings. The number of rotatable bonds is 6. The van der Waals surface area contributed by atoms with Gasteiger partial charge in [-0.15, -0.1) is 11.3 Å². The fourth-order valence-electron chi connectivity index (χ4n) is 5.27. The molecular formula is C27H37N3O5S. The third-order valence-electron chi connectivity index (χ3n) is 7.44. The Balaban J connectivity index is 1.60. The van der Waals surface area contributed by atoms with Crippen molar-refractivity contribution < 1.29 is 19.4 Å². The molecule has 2 aromatic rings. The Morgan fingerprint density at radius 2 is 1.78 bits per heavy atom. The van der Waals surface area contributed by atoms with Crippen LogP contribution >= 0.6 is 11.3 Å². The van der Waals surface area contributed by atoms with Crippen LogP contribution in [0.3, 0.4) is 0 Å². The van der Waals surface area contributed by atoms with Gasteiger partial charge in [-0.3, -0.25) is 14.6 Å². The summed E-state index contributed by atoms with van der Waals surface area (Å²) in [5, 5.41) is 10.1. The number of thiophene rings is 1. The summed E-state index contributed by atoms with van der Waals surface area (Å²) >= 11 is 1.27. The van der Waals surface area contributed by atoms with Crippen LogP contribution in [0.15, 0.2) is 23.1 Å². The number of aromatic carboxylic acids is 1. The van der Waals surface area contributed by atoms with Crippen molar-refractivity contribution in [1.29, 1.82) is 0 Å². The smallest absolute Gasteiger partial charge is 0.348 e. The predicted molar refractivity (Wildman–Crippen MR) is 140 cm³/mol. The van der Waals surface area contributed by atoms with E-state index in [9.17, 15) is 19.5 Å². The molecule has 9 heteroatoms. The second-order valence-electron chi connectivity index (χ2n) is 11.3. The largest absolute Gasteiger partial charge is 0.477 e. The Morgan fingerprint density at radius 3 is 2.36 bits per heavy atom. The van der Waals surface area contributed by atoms with E-state index in [1.54, 1.807) is 0 Å². The third-order valence-corrected chi connectivity index (χ3v) is 8.98. The van der Waals surface area contributed by atoms with Crippen molar-refractivity contribution in [2.45, 2.75) is 96.6 Å². The predicted octanol–water partition coefficient (Wildman–Crippen LogP) is 5.38. The molecule has 0 aromatic carbocycles. The van der Waals surface area contributed by atoms with Gasteiger partial charge in [-0.2, -0.15) is 0 Å². The maximum atomic E-state index is 14.0. The van der Waals surface area contributed by atoms with Crippen LogP contribution in [0.2, 0.25) is 0 Å². The van der Waals surface area contributed by atoms with Crippen molar-refractivity contribution in [3.63, 3.8) is 0 Å². The van der Waals surface area contributed by atoms with Crippen LogP contribution in [-0.2, 0) is 10.2 Å². The molecule has 4 rings (SSSR count). The van der Waals surface area contributed by atoms with E-state index < -0.39 is 5.97 Å². The number of amides is 1. The van der Waals surface area contributed by atoms with Gasteiger partial charge < -0.3 is 14.7 Å². The van der Waals surface area contributed by atoms with Gasteiger partial charge >= 0.3 is 5.97 Å². The van der Waals surface area contributed by atoms with Gasteiger partial charge in [0.05, 0.1) is 5.69 Å². The van der Waals surface area contributed by atoms with E-state index in [1.807, 2.05) is 11.0 Å². The van der Waals surface area contributed by atoms with Crippen LogP contribution in [0.4, 0.5) is 5.69 Å². The molecule has 0 radical (unpaired) electrons. The molecule has 0 spiro atoms. The molecule has 196 valence electrons.